The van der Waals surface area contributed by atoms with Crippen LogP contribution >= 0.6 is 0 Å². The molecule has 4 aromatic rings. The highest BCUT2D eigenvalue weighted by molar-refractivity contribution is 7.92. The highest BCUT2D eigenvalue weighted by Gasteiger charge is 2.35. The Balaban J connectivity index is 1.82. The highest BCUT2D eigenvalue weighted by Crippen LogP contribution is 2.27. The monoisotopic (exact) mass is 659 g/mol. The Kier molecular flexibility index (Phi) is 11.4. The summed E-state index contributed by atoms with van der Waals surface area (Å²) in [5, 5.41) is 3.03. The molecule has 4 rings (SSSR count). The Labute approximate surface area is 277 Å². The number of hydrogen-bond donors (Lipinski definition) is 1. The number of carbonyl (C=O) groups is 2. The number of rotatable bonds is 13. The predicted molar refractivity (Wildman–Crippen MR) is 182 cm³/mol. The summed E-state index contributed by atoms with van der Waals surface area (Å²) < 4.78 is 48.6. The third-order valence-corrected chi connectivity index (χ3v) is 9.28. The summed E-state index contributed by atoms with van der Waals surface area (Å²) >= 11 is 0. The van der Waals surface area contributed by atoms with Crippen LogP contribution in [0.4, 0.5) is 10.1 Å². The third kappa shape index (κ3) is 9.42. The number of benzene rings is 4. The van der Waals surface area contributed by atoms with Crippen LogP contribution in [-0.4, -0.2) is 49.9 Å². The lowest BCUT2D eigenvalue weighted by molar-refractivity contribution is -0.140. The normalized spacial score (nSPS) is 12.2. The summed E-state index contributed by atoms with van der Waals surface area (Å²) in [5.74, 6) is -1.01. The van der Waals surface area contributed by atoms with Crippen LogP contribution in [0.3, 0.4) is 0 Å². The molecule has 0 heterocycles. The van der Waals surface area contributed by atoms with Gasteiger partial charge in [0, 0.05) is 18.5 Å². The molecule has 1 N–H and O–H groups in total. The number of carbonyl (C=O) groups excluding carboxylic acids is 2. The van der Waals surface area contributed by atoms with E-state index in [0.717, 1.165) is 45.3 Å². The smallest absolute Gasteiger partial charge is 0.264 e. The van der Waals surface area contributed by atoms with Gasteiger partial charge in [-0.05, 0) is 99.8 Å². The number of nitrogens with one attached hydrogen (secondary N) is 1. The van der Waals surface area contributed by atoms with Crippen LogP contribution in [0.25, 0.3) is 0 Å². The second-order valence-corrected chi connectivity index (χ2v) is 14.1. The molecule has 8 nitrogen and oxygen atoms in total. The number of amides is 2. The number of nitrogens with zero attached hydrogens (tertiary/aromatic N) is 2. The lowest BCUT2D eigenvalue weighted by Gasteiger charge is -2.35. The zero-order valence-electron chi connectivity index (χ0n) is 27.4. The van der Waals surface area contributed by atoms with Gasteiger partial charge in [0.25, 0.3) is 10.0 Å². The van der Waals surface area contributed by atoms with Crippen LogP contribution < -0.4 is 14.4 Å². The molecule has 4 aromatic carbocycles. The van der Waals surface area contributed by atoms with Gasteiger partial charge in [-0.25, -0.2) is 12.8 Å². The second-order valence-electron chi connectivity index (χ2n) is 12.3. The number of hydrogen-bond acceptors (Lipinski definition) is 5. The highest BCUT2D eigenvalue weighted by atomic mass is 32.2. The number of ether oxygens (including phenoxy) is 1. The lowest BCUT2D eigenvalue weighted by atomic mass is 10.00. The van der Waals surface area contributed by atoms with Crippen LogP contribution in [0, 0.1) is 12.7 Å². The maximum absolute atomic E-state index is 14.6. The van der Waals surface area contributed by atoms with Gasteiger partial charge in [0.1, 0.15) is 24.2 Å². The van der Waals surface area contributed by atoms with E-state index in [0.29, 0.717) is 12.4 Å². The van der Waals surface area contributed by atoms with Crippen LogP contribution in [0.1, 0.15) is 44.4 Å². The van der Waals surface area contributed by atoms with Gasteiger partial charge in [-0.15, -0.1) is 0 Å². The number of aryl methyl sites for hydroxylation is 1. The van der Waals surface area contributed by atoms with Crippen LogP contribution in [0.2, 0.25) is 0 Å². The molecule has 0 bridgehead atoms. The van der Waals surface area contributed by atoms with E-state index in [1.807, 2.05) is 89.2 Å². The zero-order valence-corrected chi connectivity index (χ0v) is 28.3. The minimum atomic E-state index is -4.36. The minimum absolute atomic E-state index is 0.0638. The molecule has 0 unspecified atom stereocenters. The van der Waals surface area contributed by atoms with Crippen molar-refractivity contribution in [3.05, 3.63) is 126 Å². The standard InChI is InChI=1S/C37H42FN3O5S/c1-6-46-32-20-18-31(19-21-32)41(47(44,45)33-22-16-30(38)17-23-33)26-35(42)40(25-29-15-11-10-12-27(29)2)34(36(43)39-37(3,4)5)24-28-13-8-7-9-14-28/h7-23,34H,6,24-26H2,1-5H3,(H,39,43)/t34-/m1/s1. The molecule has 10 heteroatoms. The van der Waals surface area contributed by atoms with Crippen molar-refractivity contribution in [1.82, 2.24) is 10.2 Å². The maximum Gasteiger partial charge on any atom is 0.264 e. The summed E-state index contributed by atoms with van der Waals surface area (Å²) in [5.41, 5.74) is 2.19. The predicted octanol–water partition coefficient (Wildman–Crippen LogP) is 6.28. The minimum Gasteiger partial charge on any atom is -0.494 e. The van der Waals surface area contributed by atoms with E-state index in [-0.39, 0.29) is 29.5 Å². The van der Waals surface area contributed by atoms with E-state index >= 15 is 0 Å². The Morgan fingerprint density at radius 1 is 0.872 bits per heavy atom. The Hall–Kier alpha value is -4.70. The van der Waals surface area contributed by atoms with Gasteiger partial charge in [0.05, 0.1) is 17.2 Å². The molecule has 0 radical (unpaired) electrons. The van der Waals surface area contributed by atoms with Crippen LogP contribution in [-0.2, 0) is 32.6 Å². The van der Waals surface area contributed by atoms with Crippen molar-refractivity contribution in [3.63, 3.8) is 0 Å². The van der Waals surface area contributed by atoms with E-state index < -0.39 is 39.9 Å². The third-order valence-electron chi connectivity index (χ3n) is 7.49. The van der Waals surface area contributed by atoms with E-state index in [1.54, 1.807) is 24.3 Å². The molecular formula is C37H42FN3O5S. The quantitative estimate of drug-likeness (QED) is 0.182. The number of halogens is 1. The summed E-state index contributed by atoms with van der Waals surface area (Å²) in [4.78, 5) is 29.9. The molecule has 2 amide bonds. The first-order valence-electron chi connectivity index (χ1n) is 15.5. The summed E-state index contributed by atoms with van der Waals surface area (Å²) in [6.45, 7) is 9.21. The van der Waals surface area contributed by atoms with E-state index in [4.69, 9.17) is 4.74 Å². The summed E-state index contributed by atoms with van der Waals surface area (Å²) in [6, 6.07) is 26.8. The van der Waals surface area contributed by atoms with E-state index in [2.05, 4.69) is 5.32 Å². The van der Waals surface area contributed by atoms with Gasteiger partial charge in [-0.1, -0.05) is 54.6 Å². The molecule has 248 valence electrons. The fraction of sp³-hybridized carbons (Fsp3) is 0.297. The molecule has 1 atom stereocenters. The van der Waals surface area contributed by atoms with Crippen molar-refractivity contribution in [2.45, 2.75) is 64.1 Å². The van der Waals surface area contributed by atoms with Crippen molar-refractivity contribution >= 4 is 27.5 Å². The largest absolute Gasteiger partial charge is 0.494 e. The van der Waals surface area contributed by atoms with Crippen LogP contribution in [0.15, 0.2) is 108 Å². The van der Waals surface area contributed by atoms with Gasteiger partial charge in [-0.3, -0.25) is 13.9 Å². The van der Waals surface area contributed by atoms with Crippen molar-refractivity contribution in [3.8, 4) is 5.75 Å². The molecule has 0 aromatic heterocycles. The lowest BCUT2D eigenvalue weighted by Crippen LogP contribution is -2.56. The molecule has 0 aliphatic carbocycles. The first-order valence-corrected chi connectivity index (χ1v) is 16.9. The SMILES string of the molecule is CCOc1ccc(N(CC(=O)N(Cc2ccccc2C)[C@H](Cc2ccccc2)C(=O)NC(C)(C)C)S(=O)(=O)c2ccc(F)cc2)cc1. The number of sulfonamides is 1. The first kappa shape index (κ1) is 35.2. The van der Waals surface area contributed by atoms with Gasteiger partial charge in [0.2, 0.25) is 11.8 Å². The van der Waals surface area contributed by atoms with Crippen molar-refractivity contribution < 1.29 is 27.1 Å². The van der Waals surface area contributed by atoms with Crippen molar-refractivity contribution in [2.75, 3.05) is 17.5 Å². The van der Waals surface area contributed by atoms with Gasteiger partial charge >= 0.3 is 0 Å². The summed E-state index contributed by atoms with van der Waals surface area (Å²) in [6.07, 6.45) is 0.203. The zero-order chi connectivity index (χ0) is 34.2. The number of anilines is 1. The van der Waals surface area contributed by atoms with Crippen molar-refractivity contribution in [1.29, 1.82) is 0 Å². The fourth-order valence-electron chi connectivity index (χ4n) is 5.12. The van der Waals surface area contributed by atoms with Crippen molar-refractivity contribution in [2.24, 2.45) is 0 Å². The Morgan fingerprint density at radius 2 is 1.49 bits per heavy atom. The molecule has 0 aliphatic heterocycles. The Morgan fingerprint density at radius 3 is 2.09 bits per heavy atom. The molecular weight excluding hydrogens is 617 g/mol. The summed E-state index contributed by atoms with van der Waals surface area (Å²) in [7, 11) is -4.36. The molecule has 0 saturated heterocycles. The van der Waals surface area contributed by atoms with Crippen LogP contribution in [0.5, 0.6) is 5.75 Å². The molecule has 0 aliphatic rings. The first-order chi connectivity index (χ1) is 22.3. The second kappa shape index (κ2) is 15.3. The Bertz CT molecular complexity index is 1760. The molecule has 0 saturated carbocycles. The van der Waals surface area contributed by atoms with E-state index in [9.17, 15) is 22.4 Å². The molecule has 0 fully saturated rings. The van der Waals surface area contributed by atoms with Gasteiger partial charge < -0.3 is 15.0 Å². The van der Waals surface area contributed by atoms with E-state index in [1.165, 1.54) is 4.90 Å². The van der Waals surface area contributed by atoms with Gasteiger partial charge in [0.15, 0.2) is 0 Å². The maximum atomic E-state index is 14.6. The van der Waals surface area contributed by atoms with Gasteiger partial charge in [-0.2, -0.15) is 0 Å². The average Bonchev–Trinajstić information content (AvgIpc) is 3.02. The fourth-order valence-corrected chi connectivity index (χ4v) is 6.53. The average molecular weight is 660 g/mol. The molecule has 47 heavy (non-hydrogen) atoms. The topological polar surface area (TPSA) is 96.0 Å². The molecule has 0 spiro atoms.